The second-order valence-electron chi connectivity index (χ2n) is 3.31. The van der Waals surface area contributed by atoms with E-state index in [0.29, 0.717) is 13.0 Å². The Kier molecular flexibility index (Phi) is 5.32. The number of hydrogen-bond donors (Lipinski definition) is 1. The third kappa shape index (κ3) is 4.42. The van der Waals surface area contributed by atoms with Crippen LogP contribution in [0.4, 0.5) is 10.1 Å². The van der Waals surface area contributed by atoms with Gasteiger partial charge in [-0.1, -0.05) is 15.9 Å². The summed E-state index contributed by atoms with van der Waals surface area (Å²) in [5.41, 5.74) is 0.869. The van der Waals surface area contributed by atoms with Crippen LogP contribution in [0.2, 0.25) is 0 Å². The van der Waals surface area contributed by atoms with Gasteiger partial charge in [0, 0.05) is 24.0 Å². The number of carbonyl (C=O) groups is 1. The van der Waals surface area contributed by atoms with E-state index in [9.17, 15) is 9.18 Å². The first-order valence-corrected chi connectivity index (χ1v) is 5.87. The summed E-state index contributed by atoms with van der Waals surface area (Å²) in [6.07, 6.45) is 1.44. The van der Waals surface area contributed by atoms with Crippen molar-refractivity contribution in [2.45, 2.75) is 6.42 Å². The van der Waals surface area contributed by atoms with Crippen LogP contribution in [0.5, 0.6) is 0 Å². The molecule has 0 aliphatic rings. The van der Waals surface area contributed by atoms with Gasteiger partial charge in [-0.3, -0.25) is 0 Å². The molecule has 1 rings (SSSR count). The number of hydrogen-bond acceptors (Lipinski definition) is 2. The average molecular weight is 274 g/mol. The molecule has 0 aromatic heterocycles. The average Bonchev–Trinajstić information content (AvgIpc) is 2.26. The number of anilines is 1. The molecule has 4 heteroatoms. The van der Waals surface area contributed by atoms with Crippen molar-refractivity contribution in [3.05, 3.63) is 30.1 Å². The van der Waals surface area contributed by atoms with Gasteiger partial charge in [0.05, 0.1) is 0 Å². The Hall–Kier alpha value is -0.900. The van der Waals surface area contributed by atoms with Crippen molar-refractivity contribution in [2.24, 2.45) is 5.92 Å². The lowest BCUT2D eigenvalue weighted by Crippen LogP contribution is -2.16. The van der Waals surface area contributed by atoms with Crippen molar-refractivity contribution in [3.8, 4) is 0 Å². The number of alkyl halides is 1. The second-order valence-corrected chi connectivity index (χ2v) is 3.96. The van der Waals surface area contributed by atoms with Crippen LogP contribution in [0.3, 0.4) is 0 Å². The predicted molar refractivity (Wildman–Crippen MR) is 62.9 cm³/mol. The van der Waals surface area contributed by atoms with E-state index in [1.54, 1.807) is 12.1 Å². The van der Waals surface area contributed by atoms with Gasteiger partial charge < -0.3 is 10.1 Å². The molecule has 0 bridgehead atoms. The molecule has 0 amide bonds. The first-order valence-electron chi connectivity index (χ1n) is 4.75. The number of nitrogens with one attached hydrogen (secondary N) is 1. The maximum Gasteiger partial charge on any atom is 0.123 e. The Bertz CT molecular complexity index is 302. The molecule has 1 atom stereocenters. The van der Waals surface area contributed by atoms with E-state index in [0.717, 1.165) is 17.3 Å². The van der Waals surface area contributed by atoms with Crippen molar-refractivity contribution in [1.29, 1.82) is 0 Å². The van der Waals surface area contributed by atoms with Gasteiger partial charge in [-0.2, -0.15) is 0 Å². The highest BCUT2D eigenvalue weighted by Crippen LogP contribution is 2.11. The lowest BCUT2D eigenvalue weighted by atomic mass is 10.1. The minimum Gasteiger partial charge on any atom is -0.385 e. The highest BCUT2D eigenvalue weighted by atomic mass is 79.9. The van der Waals surface area contributed by atoms with Gasteiger partial charge in [-0.15, -0.1) is 0 Å². The molecule has 0 saturated heterocycles. The third-order valence-corrected chi connectivity index (χ3v) is 3.00. The monoisotopic (exact) mass is 273 g/mol. The maximum absolute atomic E-state index is 12.6. The molecule has 1 N–H and O–H groups in total. The van der Waals surface area contributed by atoms with Crippen molar-refractivity contribution in [2.75, 3.05) is 17.2 Å². The van der Waals surface area contributed by atoms with Crippen LogP contribution in [-0.4, -0.2) is 18.2 Å². The van der Waals surface area contributed by atoms with Crippen LogP contribution in [0, 0.1) is 11.7 Å². The Morgan fingerprint density at radius 2 is 2.07 bits per heavy atom. The Morgan fingerprint density at radius 1 is 1.40 bits per heavy atom. The molecule has 15 heavy (non-hydrogen) atoms. The van der Waals surface area contributed by atoms with Gasteiger partial charge in [0.15, 0.2) is 0 Å². The van der Waals surface area contributed by atoms with Crippen molar-refractivity contribution < 1.29 is 9.18 Å². The van der Waals surface area contributed by atoms with Crippen LogP contribution in [0.25, 0.3) is 0 Å². The van der Waals surface area contributed by atoms with Crippen molar-refractivity contribution in [1.82, 2.24) is 0 Å². The molecule has 0 aliphatic heterocycles. The second kappa shape index (κ2) is 6.56. The standard InChI is InChI=1S/C11H13BrFNO/c12-7-9(5-6-15)8-14-11-3-1-10(13)2-4-11/h1-4,6,9,14H,5,7-8H2. The highest BCUT2D eigenvalue weighted by molar-refractivity contribution is 9.09. The topological polar surface area (TPSA) is 29.1 Å². The summed E-state index contributed by atoms with van der Waals surface area (Å²) in [5, 5.41) is 3.93. The predicted octanol–water partition coefficient (Wildman–Crippen LogP) is 2.84. The maximum atomic E-state index is 12.6. The first kappa shape index (κ1) is 12.2. The van der Waals surface area contributed by atoms with Crippen LogP contribution >= 0.6 is 15.9 Å². The SMILES string of the molecule is O=CCC(CBr)CNc1ccc(F)cc1. The minimum absolute atomic E-state index is 0.245. The van der Waals surface area contributed by atoms with E-state index in [1.165, 1.54) is 12.1 Å². The quantitative estimate of drug-likeness (QED) is 0.638. The van der Waals surface area contributed by atoms with Gasteiger partial charge in [0.25, 0.3) is 0 Å². The summed E-state index contributed by atoms with van der Waals surface area (Å²) in [6, 6.07) is 6.18. The Morgan fingerprint density at radius 3 is 2.60 bits per heavy atom. The molecule has 1 aromatic carbocycles. The summed E-state index contributed by atoms with van der Waals surface area (Å²) in [4.78, 5) is 10.3. The van der Waals surface area contributed by atoms with Crippen molar-refractivity contribution >= 4 is 27.9 Å². The molecule has 0 radical (unpaired) electrons. The molecule has 0 fully saturated rings. The fourth-order valence-electron chi connectivity index (χ4n) is 1.17. The summed E-state index contributed by atoms with van der Waals surface area (Å²) < 4.78 is 12.6. The Balaban J connectivity index is 2.41. The number of rotatable bonds is 6. The van der Waals surface area contributed by atoms with Gasteiger partial charge in [-0.05, 0) is 30.2 Å². The molecule has 0 spiro atoms. The molecule has 0 heterocycles. The largest absolute Gasteiger partial charge is 0.385 e. The zero-order chi connectivity index (χ0) is 11.1. The van der Waals surface area contributed by atoms with Gasteiger partial charge in [-0.25, -0.2) is 4.39 Å². The normalized spacial score (nSPS) is 12.1. The molecule has 1 unspecified atom stereocenters. The lowest BCUT2D eigenvalue weighted by Gasteiger charge is -2.12. The number of benzene rings is 1. The van der Waals surface area contributed by atoms with E-state index in [2.05, 4.69) is 21.2 Å². The van der Waals surface area contributed by atoms with E-state index >= 15 is 0 Å². The number of halogens is 2. The fraction of sp³-hybridized carbons (Fsp3) is 0.364. The highest BCUT2D eigenvalue weighted by Gasteiger charge is 2.05. The molecule has 1 aromatic rings. The van der Waals surface area contributed by atoms with E-state index in [1.807, 2.05) is 0 Å². The summed E-state index contributed by atoms with van der Waals surface area (Å²) in [6.45, 7) is 0.704. The summed E-state index contributed by atoms with van der Waals surface area (Å²) in [5.74, 6) is 0.0260. The number of aldehydes is 1. The molecule has 82 valence electrons. The Labute approximate surface area is 97.0 Å². The summed E-state index contributed by atoms with van der Waals surface area (Å²) in [7, 11) is 0. The zero-order valence-electron chi connectivity index (χ0n) is 8.25. The van der Waals surface area contributed by atoms with E-state index in [4.69, 9.17) is 0 Å². The van der Waals surface area contributed by atoms with Gasteiger partial charge >= 0.3 is 0 Å². The first-order chi connectivity index (χ1) is 7.26. The van der Waals surface area contributed by atoms with Gasteiger partial charge in [0.1, 0.15) is 12.1 Å². The zero-order valence-corrected chi connectivity index (χ0v) is 9.84. The third-order valence-electron chi connectivity index (χ3n) is 2.09. The molecule has 2 nitrogen and oxygen atoms in total. The number of carbonyl (C=O) groups excluding carboxylic acids is 1. The fourth-order valence-corrected chi connectivity index (χ4v) is 1.66. The molecule has 0 saturated carbocycles. The minimum atomic E-state index is -0.245. The molecule has 0 aliphatic carbocycles. The lowest BCUT2D eigenvalue weighted by molar-refractivity contribution is -0.108. The van der Waals surface area contributed by atoms with Crippen LogP contribution < -0.4 is 5.32 Å². The van der Waals surface area contributed by atoms with E-state index < -0.39 is 0 Å². The molecular weight excluding hydrogens is 261 g/mol. The molecular formula is C11H13BrFNO. The van der Waals surface area contributed by atoms with Crippen LogP contribution in [-0.2, 0) is 4.79 Å². The van der Waals surface area contributed by atoms with Gasteiger partial charge in [0.2, 0.25) is 0 Å². The summed E-state index contributed by atoms with van der Waals surface area (Å²) >= 11 is 3.34. The van der Waals surface area contributed by atoms with Crippen LogP contribution in [0.1, 0.15) is 6.42 Å². The van der Waals surface area contributed by atoms with E-state index in [-0.39, 0.29) is 11.7 Å². The van der Waals surface area contributed by atoms with Crippen LogP contribution in [0.15, 0.2) is 24.3 Å². The van der Waals surface area contributed by atoms with Crippen molar-refractivity contribution in [3.63, 3.8) is 0 Å². The smallest absolute Gasteiger partial charge is 0.123 e.